The highest BCUT2D eigenvalue weighted by Gasteiger charge is 2.35. The van der Waals surface area contributed by atoms with E-state index in [0.717, 1.165) is 15.8 Å². The number of methoxy groups -OCH3 is 2. The van der Waals surface area contributed by atoms with Crippen LogP contribution in [-0.2, 0) is 14.3 Å². The Morgan fingerprint density at radius 1 is 1.14 bits per heavy atom. The topological polar surface area (TPSA) is 108 Å². The van der Waals surface area contributed by atoms with Crippen LogP contribution in [0.1, 0.15) is 31.0 Å². The molecule has 0 saturated carbocycles. The van der Waals surface area contributed by atoms with Crippen molar-refractivity contribution in [3.63, 3.8) is 0 Å². The number of nitrogens with one attached hydrogen (secondary N) is 1. The summed E-state index contributed by atoms with van der Waals surface area (Å²) in [7, 11) is 3.04. The zero-order valence-electron chi connectivity index (χ0n) is 20.4. The molecule has 0 fully saturated rings. The first kappa shape index (κ1) is 25.0. The standard InChI is InChI=1S/C26H22BrN3O6S/c1-5-36-25(33)19-12(2)28-26-30(21(19)13-6-9-17(34-3)18(10-13)35-4)24(32)22(37-26)20-15-11-14(27)7-8-16(15)29-23(20)31/h6-11,21H,5H2,1-4H3,(H,29,31)/b22-20+/t21-/m1/s1. The van der Waals surface area contributed by atoms with Gasteiger partial charge >= 0.3 is 5.97 Å². The van der Waals surface area contributed by atoms with Crippen molar-refractivity contribution in [3.05, 3.63) is 83.0 Å². The fourth-order valence-electron chi connectivity index (χ4n) is 4.55. The number of hydrogen-bond donors (Lipinski definition) is 1. The van der Waals surface area contributed by atoms with Crippen molar-refractivity contribution in [2.75, 3.05) is 26.1 Å². The van der Waals surface area contributed by atoms with Crippen LogP contribution in [0.2, 0.25) is 0 Å². The molecule has 2 aromatic carbocycles. The Hall–Kier alpha value is -3.70. The Kier molecular flexibility index (Phi) is 6.50. The zero-order chi connectivity index (χ0) is 26.4. The van der Waals surface area contributed by atoms with Gasteiger partial charge in [-0.3, -0.25) is 14.2 Å². The summed E-state index contributed by atoms with van der Waals surface area (Å²) in [5.41, 5.74) is 2.34. The normalized spacial score (nSPS) is 17.5. The summed E-state index contributed by atoms with van der Waals surface area (Å²) in [6.07, 6.45) is 0. The SMILES string of the molecule is CCOC(=O)C1=C(C)N=c2s/c(=C3/C(=O)Nc4ccc(Br)cc43)c(=O)n2[C@@H]1c1ccc(OC)c(OC)c1. The molecule has 190 valence electrons. The van der Waals surface area contributed by atoms with Gasteiger partial charge in [-0.05, 0) is 49.7 Å². The van der Waals surface area contributed by atoms with Crippen molar-refractivity contribution in [3.8, 4) is 11.5 Å². The number of aromatic nitrogens is 1. The molecular weight excluding hydrogens is 562 g/mol. The molecule has 0 saturated heterocycles. The largest absolute Gasteiger partial charge is 0.493 e. The number of allylic oxidation sites excluding steroid dienone is 1. The Balaban J connectivity index is 1.82. The number of benzene rings is 2. The molecule has 3 aromatic rings. The van der Waals surface area contributed by atoms with Gasteiger partial charge in [0.15, 0.2) is 16.3 Å². The number of carbonyl (C=O) groups is 2. The fourth-order valence-corrected chi connectivity index (χ4v) is 6.05. The third-order valence-electron chi connectivity index (χ3n) is 6.17. The number of amides is 1. The molecule has 3 heterocycles. The minimum absolute atomic E-state index is 0.161. The van der Waals surface area contributed by atoms with Crippen molar-refractivity contribution >= 4 is 50.4 Å². The molecule has 0 radical (unpaired) electrons. The molecule has 0 bridgehead atoms. The lowest BCUT2D eigenvalue weighted by molar-refractivity contribution is -0.139. The highest BCUT2D eigenvalue weighted by Crippen LogP contribution is 2.36. The molecule has 1 amide bonds. The molecule has 0 aliphatic carbocycles. The van der Waals surface area contributed by atoms with Crippen LogP contribution in [-0.4, -0.2) is 37.3 Å². The maximum absolute atomic E-state index is 14.0. The number of anilines is 1. The molecule has 1 aromatic heterocycles. The summed E-state index contributed by atoms with van der Waals surface area (Å²) in [6, 6.07) is 9.73. The quantitative estimate of drug-likeness (QED) is 0.463. The molecule has 0 spiro atoms. The first-order valence-corrected chi connectivity index (χ1v) is 12.9. The van der Waals surface area contributed by atoms with Gasteiger partial charge in [0.1, 0.15) is 4.53 Å². The Labute approximate surface area is 223 Å². The fraction of sp³-hybridized carbons (Fsp3) is 0.231. The molecule has 5 rings (SSSR count). The van der Waals surface area contributed by atoms with Gasteiger partial charge in [0.25, 0.3) is 11.5 Å². The molecular formula is C26H22BrN3O6S. The van der Waals surface area contributed by atoms with Crippen LogP contribution < -0.4 is 29.7 Å². The molecule has 1 N–H and O–H groups in total. The summed E-state index contributed by atoms with van der Waals surface area (Å²) >= 11 is 4.55. The summed E-state index contributed by atoms with van der Waals surface area (Å²) in [5, 5.41) is 2.82. The number of carbonyl (C=O) groups excluding carboxylic acids is 2. The average molecular weight is 584 g/mol. The molecule has 1 atom stereocenters. The first-order chi connectivity index (χ1) is 17.8. The van der Waals surface area contributed by atoms with E-state index in [2.05, 4.69) is 26.2 Å². The number of ether oxygens (including phenoxy) is 3. The van der Waals surface area contributed by atoms with Gasteiger partial charge < -0.3 is 19.5 Å². The second-order valence-electron chi connectivity index (χ2n) is 8.26. The van der Waals surface area contributed by atoms with E-state index in [-0.39, 0.29) is 28.2 Å². The van der Waals surface area contributed by atoms with Crippen molar-refractivity contribution in [1.29, 1.82) is 0 Å². The molecule has 9 nitrogen and oxygen atoms in total. The van der Waals surface area contributed by atoms with E-state index in [1.807, 2.05) is 6.07 Å². The van der Waals surface area contributed by atoms with Gasteiger partial charge in [0, 0.05) is 15.7 Å². The van der Waals surface area contributed by atoms with Crippen LogP contribution in [0, 0.1) is 0 Å². The van der Waals surface area contributed by atoms with Crippen LogP contribution in [0.4, 0.5) is 5.69 Å². The van der Waals surface area contributed by atoms with Gasteiger partial charge in [-0.1, -0.05) is 33.3 Å². The van der Waals surface area contributed by atoms with Crippen molar-refractivity contribution in [2.45, 2.75) is 19.9 Å². The van der Waals surface area contributed by atoms with Crippen LogP contribution in [0.25, 0.3) is 5.57 Å². The Morgan fingerprint density at radius 3 is 2.59 bits per heavy atom. The maximum Gasteiger partial charge on any atom is 0.338 e. The van der Waals surface area contributed by atoms with Crippen LogP contribution in [0.5, 0.6) is 11.5 Å². The van der Waals surface area contributed by atoms with E-state index < -0.39 is 17.6 Å². The number of thiazole rings is 1. The van der Waals surface area contributed by atoms with Crippen molar-refractivity contribution in [2.24, 2.45) is 4.99 Å². The van der Waals surface area contributed by atoms with Crippen molar-refractivity contribution in [1.82, 2.24) is 4.57 Å². The second-order valence-corrected chi connectivity index (χ2v) is 10.1. The number of hydrogen-bond acceptors (Lipinski definition) is 8. The number of halogens is 1. The van der Waals surface area contributed by atoms with Gasteiger partial charge in [-0.15, -0.1) is 0 Å². The minimum Gasteiger partial charge on any atom is -0.493 e. The second kappa shape index (κ2) is 9.64. The van der Waals surface area contributed by atoms with E-state index in [1.54, 1.807) is 44.2 Å². The third kappa shape index (κ3) is 4.08. The highest BCUT2D eigenvalue weighted by atomic mass is 79.9. The number of fused-ring (bicyclic) bond motifs is 2. The summed E-state index contributed by atoms with van der Waals surface area (Å²) in [5.74, 6) is -0.00226. The van der Waals surface area contributed by atoms with Crippen molar-refractivity contribution < 1.29 is 23.8 Å². The van der Waals surface area contributed by atoms with E-state index in [1.165, 1.54) is 18.8 Å². The molecule has 2 aliphatic rings. The Morgan fingerprint density at radius 2 is 1.89 bits per heavy atom. The smallest absolute Gasteiger partial charge is 0.338 e. The lowest BCUT2D eigenvalue weighted by Crippen LogP contribution is -2.40. The lowest BCUT2D eigenvalue weighted by Gasteiger charge is -2.25. The molecule has 11 heteroatoms. The predicted molar refractivity (Wildman–Crippen MR) is 142 cm³/mol. The summed E-state index contributed by atoms with van der Waals surface area (Å²) in [6.45, 7) is 3.58. The summed E-state index contributed by atoms with van der Waals surface area (Å²) in [4.78, 5) is 45.1. The van der Waals surface area contributed by atoms with Gasteiger partial charge in [-0.2, -0.15) is 0 Å². The van der Waals surface area contributed by atoms with Crippen LogP contribution in [0.3, 0.4) is 0 Å². The zero-order valence-corrected chi connectivity index (χ0v) is 22.8. The van der Waals surface area contributed by atoms with Gasteiger partial charge in [0.2, 0.25) is 0 Å². The number of esters is 1. The monoisotopic (exact) mass is 583 g/mol. The van der Waals surface area contributed by atoms with Gasteiger partial charge in [0.05, 0.1) is 43.7 Å². The predicted octanol–water partition coefficient (Wildman–Crippen LogP) is 2.90. The molecule has 2 aliphatic heterocycles. The van der Waals surface area contributed by atoms with Gasteiger partial charge in [-0.25, -0.2) is 9.79 Å². The van der Waals surface area contributed by atoms with E-state index in [0.29, 0.717) is 38.8 Å². The highest BCUT2D eigenvalue weighted by molar-refractivity contribution is 9.10. The lowest BCUT2D eigenvalue weighted by atomic mass is 9.95. The van der Waals surface area contributed by atoms with Crippen LogP contribution in [0.15, 0.2) is 61.9 Å². The number of nitrogens with zero attached hydrogens (tertiary/aromatic N) is 2. The van der Waals surface area contributed by atoms with E-state index in [9.17, 15) is 14.4 Å². The third-order valence-corrected chi connectivity index (χ3v) is 7.72. The van der Waals surface area contributed by atoms with Crippen LogP contribution >= 0.6 is 27.3 Å². The molecule has 0 unspecified atom stereocenters. The van der Waals surface area contributed by atoms with E-state index in [4.69, 9.17) is 14.2 Å². The number of rotatable bonds is 5. The summed E-state index contributed by atoms with van der Waals surface area (Å²) < 4.78 is 18.6. The average Bonchev–Trinajstić information content (AvgIpc) is 3.37. The Bertz CT molecular complexity index is 1690. The first-order valence-electron chi connectivity index (χ1n) is 11.3. The molecule has 37 heavy (non-hydrogen) atoms. The maximum atomic E-state index is 14.0. The van der Waals surface area contributed by atoms with E-state index >= 15 is 0 Å². The minimum atomic E-state index is -0.851.